The molecule has 18 heavy (non-hydrogen) atoms. The molecule has 0 bridgehead atoms. The number of anilines is 2. The molecule has 0 fully saturated rings. The molecule has 3 N–H and O–H groups in total. The van der Waals surface area contributed by atoms with Gasteiger partial charge in [-0.3, -0.25) is 9.78 Å². The van der Waals surface area contributed by atoms with Gasteiger partial charge in [0.15, 0.2) is 5.82 Å². The molecule has 0 spiro atoms. The van der Waals surface area contributed by atoms with E-state index in [0.717, 1.165) is 5.56 Å². The lowest BCUT2D eigenvalue weighted by Gasteiger charge is -2.04. The van der Waals surface area contributed by atoms with Crippen LogP contribution in [-0.2, 0) is 11.2 Å². The minimum atomic E-state index is -0.0853. The summed E-state index contributed by atoms with van der Waals surface area (Å²) in [7, 11) is 0. The Hall–Kier alpha value is -2.43. The lowest BCUT2D eigenvalue weighted by Crippen LogP contribution is -2.13. The smallest absolute Gasteiger partial charge is 0.225 e. The van der Waals surface area contributed by atoms with Crippen LogP contribution < -0.4 is 11.1 Å². The topological polar surface area (TPSA) is 80.9 Å². The Balaban J connectivity index is 1.85. The summed E-state index contributed by atoms with van der Waals surface area (Å²) in [6, 6.07) is 7.52. The highest BCUT2D eigenvalue weighted by Crippen LogP contribution is 2.09. The first-order valence-electron chi connectivity index (χ1n) is 5.64. The van der Waals surface area contributed by atoms with E-state index in [1.807, 2.05) is 24.3 Å². The van der Waals surface area contributed by atoms with Gasteiger partial charge in [0.2, 0.25) is 5.91 Å². The van der Waals surface area contributed by atoms with E-state index < -0.39 is 0 Å². The first-order valence-corrected chi connectivity index (χ1v) is 5.64. The van der Waals surface area contributed by atoms with Crippen LogP contribution in [0.25, 0.3) is 0 Å². The molecule has 0 saturated heterocycles. The van der Waals surface area contributed by atoms with Crippen molar-refractivity contribution in [2.45, 2.75) is 12.8 Å². The van der Waals surface area contributed by atoms with Crippen molar-refractivity contribution in [2.75, 3.05) is 11.1 Å². The van der Waals surface area contributed by atoms with Crippen molar-refractivity contribution in [1.29, 1.82) is 0 Å². The molecule has 1 aromatic carbocycles. The fraction of sp³-hybridized carbons (Fsp3) is 0.154. The number of benzene rings is 1. The molecule has 0 aliphatic carbocycles. The maximum absolute atomic E-state index is 11.7. The Kier molecular flexibility index (Phi) is 3.86. The SMILES string of the molecule is Nc1cccc(CCC(=O)Nc2cnccn2)c1. The molecule has 1 heterocycles. The number of nitrogens with two attached hydrogens (primary N) is 1. The molecule has 5 nitrogen and oxygen atoms in total. The van der Waals surface area contributed by atoms with Gasteiger partial charge in [-0.2, -0.15) is 0 Å². The van der Waals surface area contributed by atoms with Gasteiger partial charge in [-0.15, -0.1) is 0 Å². The summed E-state index contributed by atoms with van der Waals surface area (Å²) >= 11 is 0. The number of nitrogen functional groups attached to an aromatic ring is 1. The molecule has 0 unspecified atom stereocenters. The fourth-order valence-electron chi connectivity index (χ4n) is 1.58. The third kappa shape index (κ3) is 3.55. The van der Waals surface area contributed by atoms with Crippen LogP contribution in [0.1, 0.15) is 12.0 Å². The molecule has 5 heteroatoms. The maximum atomic E-state index is 11.7. The second-order valence-corrected chi connectivity index (χ2v) is 3.88. The zero-order chi connectivity index (χ0) is 12.8. The van der Waals surface area contributed by atoms with Gasteiger partial charge in [-0.1, -0.05) is 12.1 Å². The van der Waals surface area contributed by atoms with Crippen molar-refractivity contribution in [3.8, 4) is 0 Å². The first-order chi connectivity index (χ1) is 8.74. The Bertz CT molecular complexity index is 528. The monoisotopic (exact) mass is 242 g/mol. The minimum absolute atomic E-state index is 0.0853. The van der Waals surface area contributed by atoms with E-state index in [4.69, 9.17) is 5.73 Å². The van der Waals surface area contributed by atoms with Crippen molar-refractivity contribution < 1.29 is 4.79 Å². The second kappa shape index (κ2) is 5.77. The fourth-order valence-corrected chi connectivity index (χ4v) is 1.58. The van der Waals surface area contributed by atoms with Gasteiger partial charge in [-0.05, 0) is 24.1 Å². The molecule has 0 aliphatic rings. The molecule has 92 valence electrons. The lowest BCUT2D eigenvalue weighted by atomic mass is 10.1. The Labute approximate surface area is 105 Å². The first kappa shape index (κ1) is 12.0. The highest BCUT2D eigenvalue weighted by Gasteiger charge is 2.04. The van der Waals surface area contributed by atoms with Gasteiger partial charge in [0.1, 0.15) is 0 Å². The summed E-state index contributed by atoms with van der Waals surface area (Å²) in [5.41, 5.74) is 7.43. The molecule has 1 aromatic heterocycles. The highest BCUT2D eigenvalue weighted by molar-refractivity contribution is 5.89. The van der Waals surface area contributed by atoms with Gasteiger partial charge >= 0.3 is 0 Å². The average molecular weight is 242 g/mol. The predicted octanol–water partition coefficient (Wildman–Crippen LogP) is 1.63. The molecule has 0 radical (unpaired) electrons. The van der Waals surface area contributed by atoms with Crippen molar-refractivity contribution in [1.82, 2.24) is 9.97 Å². The quantitative estimate of drug-likeness (QED) is 0.798. The van der Waals surface area contributed by atoms with Crippen molar-refractivity contribution in [2.24, 2.45) is 0 Å². The van der Waals surface area contributed by atoms with Gasteiger partial charge in [-0.25, -0.2) is 4.98 Å². The van der Waals surface area contributed by atoms with E-state index in [-0.39, 0.29) is 5.91 Å². The summed E-state index contributed by atoms with van der Waals surface area (Å²) in [6.45, 7) is 0. The van der Waals surface area contributed by atoms with Crippen molar-refractivity contribution in [3.05, 3.63) is 48.4 Å². The van der Waals surface area contributed by atoms with E-state index >= 15 is 0 Å². The maximum Gasteiger partial charge on any atom is 0.225 e. The number of nitrogens with one attached hydrogen (secondary N) is 1. The third-order valence-electron chi connectivity index (χ3n) is 2.42. The van der Waals surface area contributed by atoms with Gasteiger partial charge < -0.3 is 11.1 Å². The average Bonchev–Trinajstić information content (AvgIpc) is 2.38. The number of hydrogen-bond acceptors (Lipinski definition) is 4. The lowest BCUT2D eigenvalue weighted by molar-refractivity contribution is -0.116. The number of aromatic nitrogens is 2. The summed E-state index contributed by atoms with van der Waals surface area (Å²) in [5, 5.41) is 2.68. The molecular weight excluding hydrogens is 228 g/mol. The Morgan fingerprint density at radius 3 is 2.94 bits per heavy atom. The normalized spacial score (nSPS) is 10.0. The molecule has 0 atom stereocenters. The van der Waals surface area contributed by atoms with Crippen molar-refractivity contribution in [3.63, 3.8) is 0 Å². The summed E-state index contributed by atoms with van der Waals surface area (Å²) in [4.78, 5) is 19.5. The largest absolute Gasteiger partial charge is 0.399 e. The van der Waals surface area contributed by atoms with E-state index in [1.54, 1.807) is 6.20 Å². The van der Waals surface area contributed by atoms with Crippen LogP contribution in [0, 0.1) is 0 Å². The van der Waals surface area contributed by atoms with Crippen LogP contribution in [0.2, 0.25) is 0 Å². The van der Waals surface area contributed by atoms with E-state index in [0.29, 0.717) is 24.3 Å². The Morgan fingerprint density at radius 2 is 2.22 bits per heavy atom. The number of carbonyl (C=O) groups excluding carboxylic acids is 1. The summed E-state index contributed by atoms with van der Waals surface area (Å²) < 4.78 is 0. The van der Waals surface area contributed by atoms with Crippen LogP contribution in [0.3, 0.4) is 0 Å². The second-order valence-electron chi connectivity index (χ2n) is 3.88. The molecule has 0 saturated carbocycles. The standard InChI is InChI=1S/C13H14N4O/c14-11-3-1-2-10(8-11)4-5-13(18)17-12-9-15-6-7-16-12/h1-3,6-9H,4-5,14H2,(H,16,17,18). The number of amides is 1. The Morgan fingerprint density at radius 1 is 1.33 bits per heavy atom. The predicted molar refractivity (Wildman–Crippen MR) is 69.8 cm³/mol. The zero-order valence-corrected chi connectivity index (χ0v) is 9.84. The van der Waals surface area contributed by atoms with Crippen LogP contribution in [0.15, 0.2) is 42.9 Å². The van der Waals surface area contributed by atoms with E-state index in [2.05, 4.69) is 15.3 Å². The number of rotatable bonds is 4. The molecule has 0 aliphatic heterocycles. The summed E-state index contributed by atoms with van der Waals surface area (Å²) in [5.74, 6) is 0.382. The molecule has 1 amide bonds. The molecule has 2 aromatic rings. The van der Waals surface area contributed by atoms with Crippen LogP contribution in [-0.4, -0.2) is 15.9 Å². The number of nitrogens with zero attached hydrogens (tertiary/aromatic N) is 2. The zero-order valence-electron chi connectivity index (χ0n) is 9.84. The minimum Gasteiger partial charge on any atom is -0.399 e. The van der Waals surface area contributed by atoms with Gasteiger partial charge in [0.25, 0.3) is 0 Å². The highest BCUT2D eigenvalue weighted by atomic mass is 16.1. The summed E-state index contributed by atoms with van der Waals surface area (Å²) in [6.07, 6.45) is 5.64. The molecular formula is C13H14N4O. The van der Waals surface area contributed by atoms with Gasteiger partial charge in [0.05, 0.1) is 6.20 Å². The number of hydrogen-bond donors (Lipinski definition) is 2. The number of carbonyl (C=O) groups is 1. The molecule has 2 rings (SSSR count). The third-order valence-corrected chi connectivity index (χ3v) is 2.42. The van der Waals surface area contributed by atoms with E-state index in [1.165, 1.54) is 12.4 Å². The number of aryl methyl sites for hydroxylation is 1. The van der Waals surface area contributed by atoms with Crippen LogP contribution in [0.4, 0.5) is 11.5 Å². The van der Waals surface area contributed by atoms with Gasteiger partial charge in [0, 0.05) is 24.5 Å². The van der Waals surface area contributed by atoms with Crippen LogP contribution >= 0.6 is 0 Å². The van der Waals surface area contributed by atoms with Crippen LogP contribution in [0.5, 0.6) is 0 Å². The van der Waals surface area contributed by atoms with E-state index in [9.17, 15) is 4.79 Å². The van der Waals surface area contributed by atoms with Crippen molar-refractivity contribution >= 4 is 17.4 Å².